The third-order valence-corrected chi connectivity index (χ3v) is 5.36. The Morgan fingerprint density at radius 2 is 2.33 bits per heavy atom. The number of hydrogen-bond acceptors (Lipinski definition) is 4. The van der Waals surface area contributed by atoms with Gasteiger partial charge in [-0.05, 0) is 25.5 Å². The van der Waals surface area contributed by atoms with E-state index >= 15 is 0 Å². The van der Waals surface area contributed by atoms with Gasteiger partial charge in [-0.15, -0.1) is 11.3 Å². The van der Waals surface area contributed by atoms with E-state index in [9.17, 15) is 8.42 Å². The lowest BCUT2D eigenvalue weighted by Crippen LogP contribution is -2.29. The maximum absolute atomic E-state index is 11.2. The van der Waals surface area contributed by atoms with Crippen LogP contribution in [-0.2, 0) is 16.4 Å². The zero-order valence-corrected chi connectivity index (χ0v) is 10.3. The topological polar surface area (TPSA) is 46.2 Å². The van der Waals surface area contributed by atoms with Gasteiger partial charge in [-0.25, -0.2) is 8.42 Å². The SMILES string of the molecule is Cc1ccc(CN[C@H]2CCS(=O)(=O)C2)s1. The van der Waals surface area contributed by atoms with Crippen LogP contribution in [0.4, 0.5) is 0 Å². The van der Waals surface area contributed by atoms with Gasteiger partial charge in [0.05, 0.1) is 11.5 Å². The van der Waals surface area contributed by atoms with Gasteiger partial charge < -0.3 is 5.32 Å². The van der Waals surface area contributed by atoms with Crippen molar-refractivity contribution in [2.24, 2.45) is 0 Å². The molecule has 0 amide bonds. The molecule has 5 heteroatoms. The Morgan fingerprint density at radius 1 is 1.53 bits per heavy atom. The maximum atomic E-state index is 11.2. The predicted octanol–water partition coefficient (Wildman–Crippen LogP) is 1.33. The molecule has 0 aromatic carbocycles. The third-order valence-electron chi connectivity index (χ3n) is 2.59. The van der Waals surface area contributed by atoms with Crippen LogP contribution in [0.15, 0.2) is 12.1 Å². The molecule has 0 bridgehead atoms. The van der Waals surface area contributed by atoms with Gasteiger partial charge >= 0.3 is 0 Å². The van der Waals surface area contributed by atoms with E-state index in [0.29, 0.717) is 11.5 Å². The largest absolute Gasteiger partial charge is 0.308 e. The average Bonchev–Trinajstić information content (AvgIpc) is 2.69. The fraction of sp³-hybridized carbons (Fsp3) is 0.600. The second kappa shape index (κ2) is 4.23. The zero-order chi connectivity index (χ0) is 10.9. The highest BCUT2D eigenvalue weighted by molar-refractivity contribution is 7.91. The minimum Gasteiger partial charge on any atom is -0.308 e. The Balaban J connectivity index is 1.85. The highest BCUT2D eigenvalue weighted by Crippen LogP contribution is 2.16. The van der Waals surface area contributed by atoms with Crippen LogP contribution in [-0.4, -0.2) is 26.0 Å². The molecular formula is C10H15NO2S2. The number of sulfone groups is 1. The van der Waals surface area contributed by atoms with Crippen molar-refractivity contribution < 1.29 is 8.42 Å². The van der Waals surface area contributed by atoms with E-state index in [2.05, 4.69) is 24.4 Å². The van der Waals surface area contributed by atoms with E-state index in [1.165, 1.54) is 9.75 Å². The molecule has 0 radical (unpaired) electrons. The number of aryl methyl sites for hydroxylation is 1. The van der Waals surface area contributed by atoms with Crippen molar-refractivity contribution in [3.05, 3.63) is 21.9 Å². The van der Waals surface area contributed by atoms with Crippen LogP contribution in [0.1, 0.15) is 16.2 Å². The number of nitrogens with one attached hydrogen (secondary N) is 1. The summed E-state index contributed by atoms with van der Waals surface area (Å²) < 4.78 is 22.4. The van der Waals surface area contributed by atoms with Crippen LogP contribution in [0.5, 0.6) is 0 Å². The van der Waals surface area contributed by atoms with Crippen LogP contribution in [0.2, 0.25) is 0 Å². The molecule has 1 N–H and O–H groups in total. The van der Waals surface area contributed by atoms with Crippen LogP contribution >= 0.6 is 11.3 Å². The Labute approximate surface area is 94.4 Å². The van der Waals surface area contributed by atoms with Crippen molar-refractivity contribution in [1.29, 1.82) is 0 Å². The Hall–Kier alpha value is -0.390. The first kappa shape index (κ1) is 11.1. The lowest BCUT2D eigenvalue weighted by atomic mass is 10.2. The molecule has 84 valence electrons. The first-order valence-electron chi connectivity index (χ1n) is 5.04. The minimum absolute atomic E-state index is 0.150. The van der Waals surface area contributed by atoms with Gasteiger partial charge in [-0.2, -0.15) is 0 Å². The highest BCUT2D eigenvalue weighted by atomic mass is 32.2. The maximum Gasteiger partial charge on any atom is 0.151 e. The molecule has 1 atom stereocenters. The molecule has 1 aromatic heterocycles. The number of rotatable bonds is 3. The molecule has 0 aliphatic carbocycles. The number of hydrogen-bond donors (Lipinski definition) is 1. The molecule has 3 nitrogen and oxygen atoms in total. The summed E-state index contributed by atoms with van der Waals surface area (Å²) in [4.78, 5) is 2.57. The molecule has 0 saturated carbocycles. The lowest BCUT2D eigenvalue weighted by Gasteiger charge is -2.08. The standard InChI is InChI=1S/C10H15NO2S2/c1-8-2-3-10(14-8)6-11-9-4-5-15(12,13)7-9/h2-3,9,11H,4-7H2,1H3/t9-/m0/s1. The van der Waals surface area contributed by atoms with Crippen molar-refractivity contribution in [1.82, 2.24) is 5.32 Å². The molecule has 0 spiro atoms. The average molecular weight is 245 g/mol. The molecule has 1 aliphatic rings. The van der Waals surface area contributed by atoms with Crippen molar-refractivity contribution in [3.8, 4) is 0 Å². The van der Waals surface area contributed by atoms with Crippen LogP contribution in [0.3, 0.4) is 0 Å². The smallest absolute Gasteiger partial charge is 0.151 e. The molecule has 0 unspecified atom stereocenters. The van der Waals surface area contributed by atoms with E-state index in [-0.39, 0.29) is 6.04 Å². The van der Waals surface area contributed by atoms with Crippen molar-refractivity contribution >= 4 is 21.2 Å². The third kappa shape index (κ3) is 3.03. The molecule has 1 saturated heterocycles. The minimum atomic E-state index is -2.75. The van der Waals surface area contributed by atoms with Crippen LogP contribution in [0.25, 0.3) is 0 Å². The fourth-order valence-electron chi connectivity index (χ4n) is 1.78. The Morgan fingerprint density at radius 3 is 2.87 bits per heavy atom. The number of thiophene rings is 1. The highest BCUT2D eigenvalue weighted by Gasteiger charge is 2.27. The molecule has 1 fully saturated rings. The van der Waals surface area contributed by atoms with E-state index < -0.39 is 9.84 Å². The molecule has 15 heavy (non-hydrogen) atoms. The van der Waals surface area contributed by atoms with Crippen LogP contribution < -0.4 is 5.32 Å². The van der Waals surface area contributed by atoms with Gasteiger partial charge in [0.25, 0.3) is 0 Å². The summed E-state index contributed by atoms with van der Waals surface area (Å²) in [6.45, 7) is 2.87. The molecule has 1 aromatic rings. The zero-order valence-electron chi connectivity index (χ0n) is 8.69. The molecule has 2 heterocycles. The second-order valence-electron chi connectivity index (χ2n) is 3.99. The molecule has 2 rings (SSSR count). The summed E-state index contributed by atoms with van der Waals surface area (Å²) in [5, 5.41) is 3.30. The Bertz CT molecular complexity index is 436. The lowest BCUT2D eigenvalue weighted by molar-refractivity contribution is 0.557. The predicted molar refractivity (Wildman–Crippen MR) is 63.0 cm³/mol. The first-order valence-corrected chi connectivity index (χ1v) is 7.68. The van der Waals surface area contributed by atoms with Crippen molar-refractivity contribution in [2.45, 2.75) is 25.9 Å². The first-order chi connectivity index (χ1) is 7.05. The quantitative estimate of drug-likeness (QED) is 0.874. The van der Waals surface area contributed by atoms with Gasteiger partial charge in [0.1, 0.15) is 0 Å². The van der Waals surface area contributed by atoms with Crippen LogP contribution in [0, 0.1) is 6.92 Å². The van der Waals surface area contributed by atoms with Gasteiger partial charge in [0.2, 0.25) is 0 Å². The van der Waals surface area contributed by atoms with Gasteiger partial charge in [0.15, 0.2) is 9.84 Å². The Kier molecular flexibility index (Phi) is 3.13. The normalized spacial score (nSPS) is 24.5. The summed E-state index contributed by atoms with van der Waals surface area (Å²) in [5.74, 6) is 0.644. The van der Waals surface area contributed by atoms with Crippen molar-refractivity contribution in [2.75, 3.05) is 11.5 Å². The summed E-state index contributed by atoms with van der Waals surface area (Å²) >= 11 is 1.76. The second-order valence-corrected chi connectivity index (χ2v) is 7.59. The fourth-order valence-corrected chi connectivity index (χ4v) is 4.33. The molecular weight excluding hydrogens is 230 g/mol. The van der Waals surface area contributed by atoms with E-state index in [1.807, 2.05) is 0 Å². The summed E-state index contributed by atoms with van der Waals surface area (Å²) in [7, 11) is -2.75. The summed E-state index contributed by atoms with van der Waals surface area (Å²) in [6.07, 6.45) is 0.757. The van der Waals surface area contributed by atoms with E-state index in [4.69, 9.17) is 0 Å². The summed E-state index contributed by atoms with van der Waals surface area (Å²) in [6, 6.07) is 4.33. The van der Waals surface area contributed by atoms with Crippen molar-refractivity contribution in [3.63, 3.8) is 0 Å². The molecule has 1 aliphatic heterocycles. The van der Waals surface area contributed by atoms with Gasteiger partial charge in [0, 0.05) is 22.3 Å². The van der Waals surface area contributed by atoms with Gasteiger partial charge in [-0.1, -0.05) is 0 Å². The van der Waals surface area contributed by atoms with E-state index in [0.717, 1.165) is 13.0 Å². The monoisotopic (exact) mass is 245 g/mol. The van der Waals surface area contributed by atoms with E-state index in [1.54, 1.807) is 11.3 Å². The summed E-state index contributed by atoms with van der Waals surface area (Å²) in [5.41, 5.74) is 0. The van der Waals surface area contributed by atoms with Gasteiger partial charge in [-0.3, -0.25) is 0 Å².